The Morgan fingerprint density at radius 2 is 2.21 bits per heavy atom. The average molecular weight is 266 g/mol. The van der Waals surface area contributed by atoms with Gasteiger partial charge in [0.15, 0.2) is 0 Å². The molecule has 1 unspecified atom stereocenters. The fourth-order valence-electron chi connectivity index (χ4n) is 2.55. The first-order valence-corrected chi connectivity index (χ1v) is 6.39. The van der Waals surface area contributed by atoms with Gasteiger partial charge in [-0.3, -0.25) is 10.1 Å². The van der Waals surface area contributed by atoms with Gasteiger partial charge in [-0.1, -0.05) is 6.07 Å². The molecule has 0 radical (unpaired) electrons. The smallest absolute Gasteiger partial charge is 0.292 e. The summed E-state index contributed by atoms with van der Waals surface area (Å²) < 4.78 is 0. The van der Waals surface area contributed by atoms with Crippen molar-refractivity contribution in [3.8, 4) is 0 Å². The molecule has 19 heavy (non-hydrogen) atoms. The van der Waals surface area contributed by atoms with Crippen LogP contribution in [0, 0.1) is 16.0 Å². The lowest BCUT2D eigenvalue weighted by molar-refractivity contribution is -0.384. The van der Waals surface area contributed by atoms with E-state index in [1.807, 2.05) is 4.90 Å². The monoisotopic (exact) mass is 266 g/mol. The van der Waals surface area contributed by atoms with Gasteiger partial charge in [0.25, 0.3) is 5.69 Å². The Hall–Kier alpha value is -1.66. The number of benzene rings is 1. The van der Waals surface area contributed by atoms with Crippen molar-refractivity contribution in [1.82, 2.24) is 0 Å². The molecule has 1 aliphatic rings. The number of rotatable bonds is 5. The van der Waals surface area contributed by atoms with Gasteiger partial charge in [-0.2, -0.15) is 0 Å². The highest BCUT2D eigenvalue weighted by atomic mass is 16.6. The molecule has 1 atom stereocenters. The summed E-state index contributed by atoms with van der Waals surface area (Å²) in [6.07, 6.45) is 1.68. The van der Waals surface area contributed by atoms with E-state index in [1.54, 1.807) is 12.1 Å². The van der Waals surface area contributed by atoms with Crippen LogP contribution in [0.5, 0.6) is 0 Å². The van der Waals surface area contributed by atoms with Crippen molar-refractivity contribution in [2.24, 2.45) is 5.92 Å². The number of anilines is 1. The van der Waals surface area contributed by atoms with Gasteiger partial charge in [0, 0.05) is 25.8 Å². The number of hydrogen-bond donors (Lipinski definition) is 2. The van der Waals surface area contributed by atoms with E-state index in [0.717, 1.165) is 25.9 Å². The normalized spacial score (nSPS) is 18.8. The summed E-state index contributed by atoms with van der Waals surface area (Å²) in [4.78, 5) is 12.7. The van der Waals surface area contributed by atoms with E-state index in [1.165, 1.54) is 6.07 Å². The minimum atomic E-state index is -0.409. The van der Waals surface area contributed by atoms with Crippen molar-refractivity contribution < 1.29 is 15.1 Å². The third-order valence-electron chi connectivity index (χ3n) is 3.58. The summed E-state index contributed by atoms with van der Waals surface area (Å²) in [5.41, 5.74) is 1.18. The van der Waals surface area contributed by atoms with Crippen molar-refractivity contribution in [2.45, 2.75) is 19.4 Å². The summed E-state index contributed by atoms with van der Waals surface area (Å²) in [5, 5.41) is 29.1. The topological polar surface area (TPSA) is 86.8 Å². The van der Waals surface area contributed by atoms with E-state index in [9.17, 15) is 10.1 Å². The lowest BCUT2D eigenvalue weighted by atomic mass is 10.1. The SMILES string of the molecule is O=[N+]([O-])c1cc(CO)ccc1N1CCC(CCO)C1. The van der Waals surface area contributed by atoms with Crippen LogP contribution < -0.4 is 4.90 Å². The van der Waals surface area contributed by atoms with Crippen LogP contribution in [0.4, 0.5) is 11.4 Å². The molecule has 2 rings (SSSR count). The maximum atomic E-state index is 11.1. The number of aliphatic hydroxyl groups is 2. The summed E-state index contributed by atoms with van der Waals surface area (Å²) in [7, 11) is 0. The molecule has 0 aliphatic carbocycles. The van der Waals surface area contributed by atoms with E-state index in [0.29, 0.717) is 17.2 Å². The van der Waals surface area contributed by atoms with Gasteiger partial charge in [0.05, 0.1) is 11.5 Å². The highest BCUT2D eigenvalue weighted by Gasteiger charge is 2.27. The molecular weight excluding hydrogens is 248 g/mol. The third kappa shape index (κ3) is 3.02. The molecule has 0 spiro atoms. The zero-order valence-electron chi connectivity index (χ0n) is 10.7. The maximum Gasteiger partial charge on any atom is 0.292 e. The van der Waals surface area contributed by atoms with Crippen LogP contribution in [0.3, 0.4) is 0 Å². The number of nitro benzene ring substituents is 1. The minimum absolute atomic E-state index is 0.0381. The Balaban J connectivity index is 2.22. The molecule has 1 fully saturated rings. The van der Waals surface area contributed by atoms with E-state index >= 15 is 0 Å². The summed E-state index contributed by atoms with van der Waals surface area (Å²) in [5.74, 6) is 0.391. The summed E-state index contributed by atoms with van der Waals surface area (Å²) in [6, 6.07) is 4.83. The van der Waals surface area contributed by atoms with Crippen LogP contribution in [0.15, 0.2) is 18.2 Å². The predicted octanol–water partition coefficient (Wildman–Crippen LogP) is 1.30. The van der Waals surface area contributed by atoms with Crippen LogP contribution in [-0.2, 0) is 6.61 Å². The lowest BCUT2D eigenvalue weighted by Gasteiger charge is -2.18. The van der Waals surface area contributed by atoms with E-state index in [-0.39, 0.29) is 18.9 Å². The van der Waals surface area contributed by atoms with Gasteiger partial charge in [-0.25, -0.2) is 0 Å². The number of hydrogen-bond acceptors (Lipinski definition) is 5. The molecule has 6 heteroatoms. The molecule has 1 aromatic rings. The van der Waals surface area contributed by atoms with E-state index in [4.69, 9.17) is 10.2 Å². The number of nitro groups is 1. The van der Waals surface area contributed by atoms with Crippen LogP contribution in [-0.4, -0.2) is 34.8 Å². The molecule has 6 nitrogen and oxygen atoms in total. The fraction of sp³-hybridized carbons (Fsp3) is 0.538. The first-order chi connectivity index (χ1) is 9.15. The van der Waals surface area contributed by atoms with Gasteiger partial charge in [0.1, 0.15) is 5.69 Å². The number of aliphatic hydroxyl groups excluding tert-OH is 2. The highest BCUT2D eigenvalue weighted by Crippen LogP contribution is 2.33. The Labute approximate surface area is 111 Å². The molecule has 0 aromatic heterocycles. The van der Waals surface area contributed by atoms with Crippen molar-refractivity contribution in [2.75, 3.05) is 24.6 Å². The largest absolute Gasteiger partial charge is 0.396 e. The van der Waals surface area contributed by atoms with Crippen molar-refractivity contribution in [3.63, 3.8) is 0 Å². The van der Waals surface area contributed by atoms with E-state index < -0.39 is 4.92 Å². The minimum Gasteiger partial charge on any atom is -0.396 e. The Morgan fingerprint density at radius 1 is 1.42 bits per heavy atom. The van der Waals surface area contributed by atoms with Crippen LogP contribution in [0.2, 0.25) is 0 Å². The van der Waals surface area contributed by atoms with Crippen molar-refractivity contribution in [1.29, 1.82) is 0 Å². The maximum absolute atomic E-state index is 11.1. The second-order valence-electron chi connectivity index (χ2n) is 4.85. The first-order valence-electron chi connectivity index (χ1n) is 6.39. The molecular formula is C13H18N2O4. The van der Waals surface area contributed by atoms with Crippen molar-refractivity contribution in [3.05, 3.63) is 33.9 Å². The fourth-order valence-corrected chi connectivity index (χ4v) is 2.55. The Morgan fingerprint density at radius 3 is 2.84 bits per heavy atom. The van der Waals surface area contributed by atoms with Gasteiger partial charge < -0.3 is 15.1 Å². The molecule has 1 heterocycles. The first kappa shape index (κ1) is 13.8. The molecule has 0 amide bonds. The quantitative estimate of drug-likeness (QED) is 0.619. The summed E-state index contributed by atoms with van der Waals surface area (Å²) in [6.45, 7) is 1.46. The lowest BCUT2D eigenvalue weighted by Crippen LogP contribution is -2.21. The zero-order valence-corrected chi connectivity index (χ0v) is 10.7. The van der Waals surface area contributed by atoms with Gasteiger partial charge in [-0.15, -0.1) is 0 Å². The van der Waals surface area contributed by atoms with Crippen LogP contribution >= 0.6 is 0 Å². The highest BCUT2D eigenvalue weighted by molar-refractivity contribution is 5.64. The van der Waals surface area contributed by atoms with Gasteiger partial charge in [-0.05, 0) is 30.4 Å². The molecule has 1 aromatic carbocycles. The zero-order chi connectivity index (χ0) is 13.8. The second-order valence-corrected chi connectivity index (χ2v) is 4.85. The number of nitrogens with zero attached hydrogens (tertiary/aromatic N) is 2. The molecule has 0 saturated carbocycles. The summed E-state index contributed by atoms with van der Waals surface area (Å²) >= 11 is 0. The Kier molecular flexibility index (Phi) is 4.34. The van der Waals surface area contributed by atoms with Gasteiger partial charge >= 0.3 is 0 Å². The van der Waals surface area contributed by atoms with Crippen LogP contribution in [0.1, 0.15) is 18.4 Å². The molecule has 0 bridgehead atoms. The standard InChI is InChI=1S/C13H18N2O4/c16-6-4-10-3-5-14(8-10)12-2-1-11(9-17)7-13(12)15(18)19/h1-2,7,10,16-17H,3-6,8-9H2. The second kappa shape index (κ2) is 5.99. The van der Waals surface area contributed by atoms with Crippen LogP contribution in [0.25, 0.3) is 0 Å². The molecule has 2 N–H and O–H groups in total. The molecule has 1 aliphatic heterocycles. The van der Waals surface area contributed by atoms with E-state index in [2.05, 4.69) is 0 Å². The third-order valence-corrected chi connectivity index (χ3v) is 3.58. The molecule has 1 saturated heterocycles. The average Bonchev–Trinajstić information content (AvgIpc) is 2.87. The Bertz CT molecular complexity index is 464. The molecule has 104 valence electrons. The predicted molar refractivity (Wildman–Crippen MR) is 71.0 cm³/mol. The van der Waals surface area contributed by atoms with Crippen molar-refractivity contribution >= 4 is 11.4 Å². The van der Waals surface area contributed by atoms with Gasteiger partial charge in [0.2, 0.25) is 0 Å².